The predicted molar refractivity (Wildman–Crippen MR) is 63.6 cm³/mol. The van der Waals surface area contributed by atoms with E-state index < -0.39 is 11.9 Å². The van der Waals surface area contributed by atoms with Gasteiger partial charge in [0.25, 0.3) is 0 Å². The second kappa shape index (κ2) is 4.80. The second-order valence-corrected chi connectivity index (χ2v) is 4.58. The summed E-state index contributed by atoms with van der Waals surface area (Å²) in [4.78, 5) is 28.9. The largest absolute Gasteiger partial charge is 0.446 e. The first-order valence-electron chi connectivity index (χ1n) is 6.04. The lowest BCUT2D eigenvalue weighted by molar-refractivity contribution is -0.136. The fourth-order valence-corrected chi connectivity index (χ4v) is 2.33. The molecule has 1 aromatic rings. The van der Waals surface area contributed by atoms with E-state index >= 15 is 0 Å². The molecule has 0 radical (unpaired) electrons. The topological polar surface area (TPSA) is 89.4 Å². The molecule has 18 heavy (non-hydrogen) atoms. The van der Waals surface area contributed by atoms with Crippen molar-refractivity contribution in [2.45, 2.75) is 38.6 Å². The molecule has 1 aliphatic rings. The van der Waals surface area contributed by atoms with E-state index in [0.717, 1.165) is 5.76 Å². The molecule has 2 N–H and O–H groups in total. The fraction of sp³-hybridized carbons (Fsp3) is 0.583. The summed E-state index contributed by atoms with van der Waals surface area (Å²) in [5.74, 6) is 0.664. The lowest BCUT2D eigenvalue weighted by Crippen LogP contribution is -2.45. The number of carbonyl (C=O) groups is 2. The highest BCUT2D eigenvalue weighted by atomic mass is 16.4. The normalized spacial score (nSPS) is 21.3. The summed E-state index contributed by atoms with van der Waals surface area (Å²) in [6.07, 6.45) is 2.48. The SMILES string of the molecule is CCC(C(N)=O)N1CC(c2ncc(C)o2)CC1=O. The highest BCUT2D eigenvalue weighted by Crippen LogP contribution is 2.29. The highest BCUT2D eigenvalue weighted by Gasteiger charge is 2.38. The Labute approximate surface area is 105 Å². The summed E-state index contributed by atoms with van der Waals surface area (Å²) >= 11 is 0. The Hall–Kier alpha value is -1.85. The van der Waals surface area contributed by atoms with Crippen molar-refractivity contribution in [1.29, 1.82) is 0 Å². The maximum Gasteiger partial charge on any atom is 0.240 e. The van der Waals surface area contributed by atoms with Crippen molar-refractivity contribution < 1.29 is 14.0 Å². The van der Waals surface area contributed by atoms with Crippen molar-refractivity contribution in [1.82, 2.24) is 9.88 Å². The monoisotopic (exact) mass is 251 g/mol. The maximum absolute atomic E-state index is 11.9. The molecule has 0 aromatic carbocycles. The molecule has 0 saturated carbocycles. The first kappa shape index (κ1) is 12.6. The molecule has 1 fully saturated rings. The molecule has 2 unspecified atom stereocenters. The average Bonchev–Trinajstić information content (AvgIpc) is 2.87. The molecular weight excluding hydrogens is 234 g/mol. The number of nitrogens with zero attached hydrogens (tertiary/aromatic N) is 2. The van der Waals surface area contributed by atoms with E-state index in [9.17, 15) is 9.59 Å². The third kappa shape index (κ3) is 2.23. The molecule has 98 valence electrons. The van der Waals surface area contributed by atoms with Crippen molar-refractivity contribution in [2.75, 3.05) is 6.54 Å². The summed E-state index contributed by atoms with van der Waals surface area (Å²) in [7, 11) is 0. The quantitative estimate of drug-likeness (QED) is 0.846. The molecule has 1 aromatic heterocycles. The Morgan fingerprint density at radius 1 is 1.72 bits per heavy atom. The van der Waals surface area contributed by atoms with Crippen LogP contribution in [0.1, 0.15) is 37.3 Å². The predicted octanol–water partition coefficient (Wildman–Crippen LogP) is 0.563. The number of primary amides is 1. The van der Waals surface area contributed by atoms with Gasteiger partial charge < -0.3 is 15.1 Å². The third-order valence-electron chi connectivity index (χ3n) is 3.24. The Morgan fingerprint density at radius 3 is 2.94 bits per heavy atom. The highest BCUT2D eigenvalue weighted by molar-refractivity contribution is 5.88. The summed E-state index contributed by atoms with van der Waals surface area (Å²) in [5, 5.41) is 0. The molecule has 1 saturated heterocycles. The van der Waals surface area contributed by atoms with E-state index in [2.05, 4.69) is 4.98 Å². The van der Waals surface area contributed by atoms with Crippen LogP contribution in [-0.2, 0) is 9.59 Å². The van der Waals surface area contributed by atoms with Crippen LogP contribution >= 0.6 is 0 Å². The van der Waals surface area contributed by atoms with Crippen molar-refractivity contribution in [3.8, 4) is 0 Å². The van der Waals surface area contributed by atoms with Crippen LogP contribution in [0.5, 0.6) is 0 Å². The molecule has 6 heteroatoms. The Kier molecular flexibility index (Phi) is 3.36. The van der Waals surface area contributed by atoms with Gasteiger partial charge in [-0.2, -0.15) is 0 Å². The average molecular weight is 251 g/mol. The van der Waals surface area contributed by atoms with Crippen LogP contribution in [0.15, 0.2) is 10.6 Å². The van der Waals surface area contributed by atoms with Gasteiger partial charge >= 0.3 is 0 Å². The molecular formula is C12H17N3O3. The molecule has 2 amide bonds. The first-order chi connectivity index (χ1) is 8.52. The lowest BCUT2D eigenvalue weighted by Gasteiger charge is -2.23. The Morgan fingerprint density at radius 2 is 2.44 bits per heavy atom. The van der Waals surface area contributed by atoms with Crippen LogP contribution in [0.4, 0.5) is 0 Å². The standard InChI is InChI=1S/C12H17N3O3/c1-3-9(11(13)17)15-6-8(4-10(15)16)12-14-5-7(2)18-12/h5,8-9H,3-4,6H2,1-2H3,(H2,13,17). The van der Waals surface area contributed by atoms with E-state index in [1.165, 1.54) is 4.90 Å². The zero-order valence-electron chi connectivity index (χ0n) is 10.5. The zero-order valence-corrected chi connectivity index (χ0v) is 10.5. The van der Waals surface area contributed by atoms with Crippen molar-refractivity contribution in [2.24, 2.45) is 5.73 Å². The van der Waals surface area contributed by atoms with Gasteiger partial charge in [-0.05, 0) is 13.3 Å². The smallest absolute Gasteiger partial charge is 0.240 e. The lowest BCUT2D eigenvalue weighted by atomic mass is 10.1. The molecule has 2 heterocycles. The molecule has 6 nitrogen and oxygen atoms in total. The van der Waals surface area contributed by atoms with Gasteiger partial charge in [0.15, 0.2) is 5.89 Å². The van der Waals surface area contributed by atoms with Crippen LogP contribution in [0.25, 0.3) is 0 Å². The number of oxazole rings is 1. The van der Waals surface area contributed by atoms with Gasteiger partial charge in [0.2, 0.25) is 11.8 Å². The summed E-state index contributed by atoms with van der Waals surface area (Å²) in [6, 6.07) is -0.529. The number of rotatable bonds is 4. The number of aryl methyl sites for hydroxylation is 1. The van der Waals surface area contributed by atoms with E-state index in [-0.39, 0.29) is 11.8 Å². The Bertz CT molecular complexity index is 469. The van der Waals surface area contributed by atoms with Gasteiger partial charge in [-0.1, -0.05) is 6.92 Å². The first-order valence-corrected chi connectivity index (χ1v) is 6.04. The number of nitrogens with two attached hydrogens (primary N) is 1. The van der Waals surface area contributed by atoms with E-state index in [1.807, 2.05) is 13.8 Å². The molecule has 1 aliphatic heterocycles. The van der Waals surface area contributed by atoms with Gasteiger partial charge in [0, 0.05) is 13.0 Å². The van der Waals surface area contributed by atoms with Gasteiger partial charge in [0.05, 0.1) is 12.1 Å². The minimum Gasteiger partial charge on any atom is -0.446 e. The van der Waals surface area contributed by atoms with Crippen LogP contribution in [0.2, 0.25) is 0 Å². The van der Waals surface area contributed by atoms with Crippen molar-refractivity contribution >= 4 is 11.8 Å². The van der Waals surface area contributed by atoms with E-state index in [4.69, 9.17) is 10.2 Å². The van der Waals surface area contributed by atoms with Crippen LogP contribution in [-0.4, -0.2) is 34.3 Å². The fourth-order valence-electron chi connectivity index (χ4n) is 2.33. The van der Waals surface area contributed by atoms with Crippen molar-refractivity contribution in [3.63, 3.8) is 0 Å². The number of aromatic nitrogens is 1. The molecule has 0 bridgehead atoms. The maximum atomic E-state index is 11.9. The summed E-state index contributed by atoms with van der Waals surface area (Å²) in [5.41, 5.74) is 5.31. The van der Waals surface area contributed by atoms with Crippen molar-refractivity contribution in [3.05, 3.63) is 17.8 Å². The minimum atomic E-state index is -0.529. The number of carbonyl (C=O) groups excluding carboxylic acids is 2. The Balaban J connectivity index is 2.13. The van der Waals surface area contributed by atoms with Crippen LogP contribution in [0.3, 0.4) is 0 Å². The van der Waals surface area contributed by atoms with Gasteiger partial charge in [-0.25, -0.2) is 4.98 Å². The number of likely N-dealkylation sites (tertiary alicyclic amines) is 1. The zero-order chi connectivity index (χ0) is 13.3. The molecule has 2 atom stereocenters. The molecule has 0 spiro atoms. The summed E-state index contributed by atoms with van der Waals surface area (Å²) < 4.78 is 5.43. The van der Waals surface area contributed by atoms with E-state index in [0.29, 0.717) is 25.3 Å². The third-order valence-corrected chi connectivity index (χ3v) is 3.24. The number of hydrogen-bond acceptors (Lipinski definition) is 4. The number of hydrogen-bond donors (Lipinski definition) is 1. The van der Waals surface area contributed by atoms with Crippen LogP contribution < -0.4 is 5.73 Å². The minimum absolute atomic E-state index is 0.0681. The number of amides is 2. The van der Waals surface area contributed by atoms with E-state index in [1.54, 1.807) is 6.20 Å². The van der Waals surface area contributed by atoms with Gasteiger partial charge in [0.1, 0.15) is 11.8 Å². The summed E-state index contributed by atoms with van der Waals surface area (Å²) in [6.45, 7) is 4.09. The second-order valence-electron chi connectivity index (χ2n) is 4.58. The molecule has 0 aliphatic carbocycles. The van der Waals surface area contributed by atoms with Crippen LogP contribution in [0, 0.1) is 6.92 Å². The molecule has 2 rings (SSSR count). The van der Waals surface area contributed by atoms with Gasteiger partial charge in [-0.15, -0.1) is 0 Å². The van der Waals surface area contributed by atoms with Gasteiger partial charge in [-0.3, -0.25) is 9.59 Å².